The van der Waals surface area contributed by atoms with Crippen molar-refractivity contribution < 1.29 is 30.4 Å². The van der Waals surface area contributed by atoms with Crippen molar-refractivity contribution in [2.24, 2.45) is 0 Å². The van der Waals surface area contributed by atoms with Gasteiger partial charge in [-0.05, 0) is 0 Å². The number of halogens is 1. The molecule has 2 nitrogen and oxygen atoms in total. The third-order valence-corrected chi connectivity index (χ3v) is 0. The fourth-order valence-corrected chi connectivity index (χ4v) is 0. The van der Waals surface area contributed by atoms with Crippen molar-refractivity contribution in [3.63, 3.8) is 0 Å². The van der Waals surface area contributed by atoms with Gasteiger partial charge in [-0.2, -0.15) is 0 Å². The van der Waals surface area contributed by atoms with Crippen LogP contribution in [-0.2, 0) is 25.0 Å². The van der Waals surface area contributed by atoms with Gasteiger partial charge in [-0.25, -0.2) is 0 Å². The summed E-state index contributed by atoms with van der Waals surface area (Å²) < 4.78 is 0. The molecule has 0 saturated carbocycles. The van der Waals surface area contributed by atoms with E-state index < -0.39 is 0 Å². The first kappa shape index (κ1) is 102. The molecule has 0 rings (SSSR count). The molecule has 0 aliphatic rings. The van der Waals surface area contributed by atoms with E-state index >= 15 is 0 Å². The maximum atomic E-state index is 0. The number of hydrogen-bond donors (Lipinski definition) is 0. The van der Waals surface area contributed by atoms with Gasteiger partial charge in [-0.15, -0.1) is 12.4 Å². The molecule has 0 aliphatic heterocycles. The van der Waals surface area contributed by atoms with Crippen LogP contribution in [0.15, 0.2) is 0 Å². The summed E-state index contributed by atoms with van der Waals surface area (Å²) in [6, 6.07) is 0. The Morgan fingerprint density at radius 1 is 1.00 bits per heavy atom. The van der Waals surface area contributed by atoms with E-state index in [1.807, 2.05) is 0 Å². The number of rotatable bonds is 0. The van der Waals surface area contributed by atoms with Gasteiger partial charge in [-0.3, -0.25) is 0 Å². The Morgan fingerprint density at radius 2 is 1.00 bits per heavy atom. The van der Waals surface area contributed by atoms with Crippen molar-refractivity contribution in [3.05, 3.63) is 0 Å². The molecular formula is H3ClO2Zn. The molecule has 4 heteroatoms. The Bertz CT molecular complexity index is 6.00. The van der Waals surface area contributed by atoms with Crippen LogP contribution in [0.4, 0.5) is 0 Å². The molecule has 0 saturated heterocycles. The predicted octanol–water partition coefficient (Wildman–Crippen LogP) is -0.524. The molecule has 0 aromatic rings. The first-order chi connectivity index (χ1) is 0. The van der Waals surface area contributed by atoms with E-state index in [9.17, 15) is 0 Å². The van der Waals surface area contributed by atoms with Crippen molar-refractivity contribution in [1.29, 1.82) is 0 Å². The van der Waals surface area contributed by atoms with Crippen LogP contribution in [0.25, 0.3) is 0 Å². The predicted molar refractivity (Wildman–Crippen MR) is 11.5 cm³/mol. The van der Waals surface area contributed by atoms with Gasteiger partial charge in [0.15, 0.2) is 0 Å². The van der Waals surface area contributed by atoms with Gasteiger partial charge in [0.25, 0.3) is 0 Å². The molecule has 0 heterocycles. The van der Waals surface area contributed by atoms with Gasteiger partial charge in [0.05, 0.1) is 0 Å². The minimum Gasteiger partial charge on any atom is -2.00 e. The minimum atomic E-state index is 0. The first-order valence-corrected chi connectivity index (χ1v) is 0. The second kappa shape index (κ2) is 44.3. The van der Waals surface area contributed by atoms with E-state index in [1.165, 1.54) is 0 Å². The molecule has 0 atom stereocenters. The molecule has 0 unspecified atom stereocenters. The van der Waals surface area contributed by atoms with Gasteiger partial charge >= 0.3 is 19.5 Å². The second-order valence-corrected chi connectivity index (χ2v) is 0. The van der Waals surface area contributed by atoms with Crippen LogP contribution >= 0.6 is 12.4 Å². The summed E-state index contributed by atoms with van der Waals surface area (Å²) in [7, 11) is 0. The maximum Gasteiger partial charge on any atom is 2.00 e. The summed E-state index contributed by atoms with van der Waals surface area (Å²) in [5, 5.41) is 0. The molecule has 0 spiro atoms. The zero-order valence-corrected chi connectivity index (χ0v) is 5.81. The third-order valence-electron chi connectivity index (χ3n) is 0. The smallest absolute Gasteiger partial charge is 2.00 e. The van der Waals surface area contributed by atoms with Gasteiger partial charge < -0.3 is 11.0 Å². The molecule has 4 heavy (non-hydrogen) atoms. The molecule has 0 aromatic carbocycles. The van der Waals surface area contributed by atoms with E-state index in [-0.39, 0.29) is 42.8 Å². The molecule has 0 aromatic heterocycles. The van der Waals surface area contributed by atoms with Crippen LogP contribution < -0.4 is 0 Å². The minimum absolute atomic E-state index is 0. The SMILES string of the molecule is Cl.O.[O-2].[Zn+2]. The number of hydrogen-bond acceptors (Lipinski definition) is 0. The Hall–Kier alpha value is 0.833. The topological polar surface area (TPSA) is 60.0 Å². The Kier molecular flexibility index (Phi) is 1130. The van der Waals surface area contributed by atoms with Crippen LogP contribution in [0.1, 0.15) is 0 Å². The van der Waals surface area contributed by atoms with Gasteiger partial charge in [0, 0.05) is 0 Å². The summed E-state index contributed by atoms with van der Waals surface area (Å²) >= 11 is 0. The van der Waals surface area contributed by atoms with Crippen molar-refractivity contribution >= 4 is 12.4 Å². The summed E-state index contributed by atoms with van der Waals surface area (Å²) in [5.41, 5.74) is 0. The van der Waals surface area contributed by atoms with Gasteiger partial charge in [-0.1, -0.05) is 0 Å². The molecular weight excluding hydrogens is 133 g/mol. The molecule has 0 bridgehead atoms. The third kappa shape index (κ3) is 13.7. The summed E-state index contributed by atoms with van der Waals surface area (Å²) in [5.74, 6) is 0. The second-order valence-electron chi connectivity index (χ2n) is 0. The van der Waals surface area contributed by atoms with Crippen LogP contribution in [0.3, 0.4) is 0 Å². The molecule has 24 valence electrons. The summed E-state index contributed by atoms with van der Waals surface area (Å²) in [6.07, 6.45) is 0. The van der Waals surface area contributed by atoms with Crippen LogP contribution in [0.5, 0.6) is 0 Å². The van der Waals surface area contributed by atoms with E-state index in [0.29, 0.717) is 0 Å². The summed E-state index contributed by atoms with van der Waals surface area (Å²) in [4.78, 5) is 0. The van der Waals surface area contributed by atoms with Crippen molar-refractivity contribution in [2.75, 3.05) is 0 Å². The van der Waals surface area contributed by atoms with Crippen molar-refractivity contribution in [1.82, 2.24) is 0 Å². The van der Waals surface area contributed by atoms with Crippen LogP contribution in [0, 0.1) is 0 Å². The van der Waals surface area contributed by atoms with E-state index in [0.717, 1.165) is 0 Å². The quantitative estimate of drug-likeness (QED) is 0.402. The van der Waals surface area contributed by atoms with Crippen LogP contribution in [-0.4, -0.2) is 5.48 Å². The van der Waals surface area contributed by atoms with E-state index in [2.05, 4.69) is 0 Å². The van der Waals surface area contributed by atoms with E-state index in [4.69, 9.17) is 0 Å². The first-order valence-electron chi connectivity index (χ1n) is 0. The fraction of sp³-hybridized carbons (Fsp3) is 0. The Labute approximate surface area is 43.4 Å². The van der Waals surface area contributed by atoms with Crippen molar-refractivity contribution in [2.45, 2.75) is 0 Å². The molecule has 0 fully saturated rings. The zero-order chi connectivity index (χ0) is 0. The molecule has 0 radical (unpaired) electrons. The fourth-order valence-electron chi connectivity index (χ4n) is 0. The van der Waals surface area contributed by atoms with Crippen LogP contribution in [0.2, 0.25) is 0 Å². The molecule has 2 N–H and O–H groups in total. The summed E-state index contributed by atoms with van der Waals surface area (Å²) in [6.45, 7) is 0. The largest absolute Gasteiger partial charge is 2.00 e. The Balaban J connectivity index is 0. The van der Waals surface area contributed by atoms with Crippen molar-refractivity contribution in [3.8, 4) is 0 Å². The Morgan fingerprint density at radius 3 is 1.00 bits per heavy atom. The standard InChI is InChI=1S/ClH.H2O.O.Zn/h1H;1H2;;/q;;-2;+2. The van der Waals surface area contributed by atoms with Gasteiger partial charge in [0.1, 0.15) is 0 Å². The average molecular weight is 136 g/mol. The zero-order valence-electron chi connectivity index (χ0n) is 2.02. The molecule has 0 amide bonds. The van der Waals surface area contributed by atoms with Gasteiger partial charge in [0.2, 0.25) is 0 Å². The van der Waals surface area contributed by atoms with E-state index in [1.54, 1.807) is 0 Å². The maximum absolute atomic E-state index is 0. The average Bonchev–Trinajstić information content (AvgIpc) is 0. The molecule has 0 aliphatic carbocycles. The normalized spacial score (nSPS) is 0. The monoisotopic (exact) mass is 134 g/mol.